The fourth-order valence-electron chi connectivity index (χ4n) is 3.30. The Balaban J connectivity index is 2.29. The molecule has 0 aromatic carbocycles. The van der Waals surface area contributed by atoms with Crippen molar-refractivity contribution in [3.63, 3.8) is 0 Å². The van der Waals surface area contributed by atoms with Crippen molar-refractivity contribution < 1.29 is 4.74 Å². The van der Waals surface area contributed by atoms with Crippen LogP contribution in [0.1, 0.15) is 32.1 Å². The summed E-state index contributed by atoms with van der Waals surface area (Å²) in [5.41, 5.74) is 13.0. The minimum atomic E-state index is 0.0850. The topological polar surface area (TPSA) is 88.9 Å². The second-order valence-corrected chi connectivity index (χ2v) is 5.97. The number of guanidine groups is 1. The van der Waals surface area contributed by atoms with Gasteiger partial charge < -0.3 is 26.4 Å². The molecule has 0 bridgehead atoms. The van der Waals surface area contributed by atoms with Gasteiger partial charge in [0.2, 0.25) is 0 Å². The predicted molar refractivity (Wildman–Crippen MR) is 90.0 cm³/mol. The highest BCUT2D eigenvalue weighted by atomic mass is 16.5. The molecule has 0 aromatic rings. The van der Waals surface area contributed by atoms with E-state index in [0.29, 0.717) is 5.92 Å². The molecule has 6 heteroatoms. The van der Waals surface area contributed by atoms with Gasteiger partial charge in [-0.15, -0.1) is 0 Å². The molecule has 1 aliphatic heterocycles. The van der Waals surface area contributed by atoms with Crippen molar-refractivity contribution in [3.8, 4) is 0 Å². The Bertz CT molecular complexity index is 439. The standard InChI is InChI=1S/C16H29N5O/c1-12(21-10-5-8-19-9-11-21)15(22-2)14(20-16(17)18)13-6-3-4-7-13/h13,19H,1,3-11H2,2H3,(H4,17,18,20)/b15-14+. The fraction of sp³-hybridized carbons (Fsp3) is 0.688. The number of allylic oxidation sites excluding steroid dienone is 1. The van der Waals surface area contributed by atoms with Crippen LogP contribution in [0.15, 0.2) is 28.7 Å². The van der Waals surface area contributed by atoms with Gasteiger partial charge in [-0.2, -0.15) is 0 Å². The van der Waals surface area contributed by atoms with Crippen molar-refractivity contribution in [2.75, 3.05) is 33.3 Å². The zero-order valence-electron chi connectivity index (χ0n) is 13.6. The lowest BCUT2D eigenvalue weighted by Crippen LogP contribution is -2.29. The zero-order chi connectivity index (χ0) is 15.9. The van der Waals surface area contributed by atoms with Crippen LogP contribution in [-0.4, -0.2) is 44.1 Å². The van der Waals surface area contributed by atoms with Gasteiger partial charge in [-0.3, -0.25) is 0 Å². The monoisotopic (exact) mass is 307 g/mol. The number of hydrogen-bond acceptors (Lipinski definition) is 4. The molecule has 0 atom stereocenters. The van der Waals surface area contributed by atoms with Gasteiger partial charge in [-0.25, -0.2) is 4.99 Å². The molecule has 2 fully saturated rings. The van der Waals surface area contributed by atoms with E-state index in [2.05, 4.69) is 21.8 Å². The Kier molecular flexibility index (Phi) is 6.12. The number of aliphatic imine (C=N–C) groups is 1. The number of nitrogens with two attached hydrogens (primary N) is 2. The third kappa shape index (κ3) is 4.16. The van der Waals surface area contributed by atoms with Crippen molar-refractivity contribution in [2.45, 2.75) is 32.1 Å². The van der Waals surface area contributed by atoms with Crippen molar-refractivity contribution in [1.29, 1.82) is 0 Å². The second-order valence-electron chi connectivity index (χ2n) is 5.97. The Labute approximate surface area is 133 Å². The number of ether oxygens (including phenoxy) is 1. The first-order chi connectivity index (χ1) is 10.6. The van der Waals surface area contributed by atoms with E-state index in [9.17, 15) is 0 Å². The summed E-state index contributed by atoms with van der Waals surface area (Å²) in [4.78, 5) is 6.65. The Hall–Kier alpha value is -1.69. The lowest BCUT2D eigenvalue weighted by atomic mass is 10.0. The minimum absolute atomic E-state index is 0.0850. The van der Waals surface area contributed by atoms with E-state index in [0.717, 1.165) is 62.6 Å². The van der Waals surface area contributed by atoms with Gasteiger partial charge in [0.1, 0.15) is 0 Å². The summed E-state index contributed by atoms with van der Waals surface area (Å²) in [6, 6.07) is 0. The Morgan fingerprint density at radius 3 is 2.55 bits per heavy atom. The molecule has 0 spiro atoms. The van der Waals surface area contributed by atoms with Crippen LogP contribution in [0.25, 0.3) is 0 Å². The largest absolute Gasteiger partial charge is 0.493 e. The summed E-state index contributed by atoms with van der Waals surface area (Å²) in [6.07, 6.45) is 5.73. The van der Waals surface area contributed by atoms with Gasteiger partial charge in [-0.05, 0) is 25.8 Å². The van der Waals surface area contributed by atoms with Gasteiger partial charge in [0.15, 0.2) is 11.7 Å². The highest BCUT2D eigenvalue weighted by Gasteiger charge is 2.26. The predicted octanol–water partition coefficient (Wildman–Crippen LogP) is 1.12. The molecule has 0 amide bonds. The summed E-state index contributed by atoms with van der Waals surface area (Å²) >= 11 is 0. The molecule has 2 rings (SSSR count). The highest BCUT2D eigenvalue weighted by Crippen LogP contribution is 2.35. The molecule has 124 valence electrons. The molecule has 5 N–H and O–H groups in total. The third-order valence-corrected chi connectivity index (χ3v) is 4.41. The first-order valence-corrected chi connectivity index (χ1v) is 8.16. The molecular weight excluding hydrogens is 278 g/mol. The van der Waals surface area contributed by atoms with Crippen LogP contribution in [-0.2, 0) is 4.74 Å². The number of rotatable bonds is 5. The van der Waals surface area contributed by atoms with E-state index >= 15 is 0 Å². The summed E-state index contributed by atoms with van der Waals surface area (Å²) < 4.78 is 5.68. The molecule has 22 heavy (non-hydrogen) atoms. The fourth-order valence-corrected chi connectivity index (χ4v) is 3.30. The van der Waals surface area contributed by atoms with Crippen LogP contribution in [0.2, 0.25) is 0 Å². The number of hydrogen-bond donors (Lipinski definition) is 3. The summed E-state index contributed by atoms with van der Waals surface area (Å²) in [7, 11) is 1.67. The lowest BCUT2D eigenvalue weighted by Gasteiger charge is -2.27. The summed E-state index contributed by atoms with van der Waals surface area (Å²) in [5, 5.41) is 3.40. The molecule has 2 aliphatic rings. The molecule has 0 unspecified atom stereocenters. The smallest absolute Gasteiger partial charge is 0.190 e. The van der Waals surface area contributed by atoms with Gasteiger partial charge in [0.05, 0.1) is 18.5 Å². The molecular formula is C16H29N5O. The SMILES string of the molecule is C=C(/C(OC)=C(\N=C(N)N)C1CCCC1)N1CCCNCC1. The van der Waals surface area contributed by atoms with E-state index in [1.54, 1.807) is 7.11 Å². The highest BCUT2D eigenvalue weighted by molar-refractivity contribution is 5.77. The van der Waals surface area contributed by atoms with Gasteiger partial charge in [-0.1, -0.05) is 19.4 Å². The summed E-state index contributed by atoms with van der Waals surface area (Å²) in [6.45, 7) is 8.14. The van der Waals surface area contributed by atoms with Crippen molar-refractivity contribution in [3.05, 3.63) is 23.7 Å². The van der Waals surface area contributed by atoms with E-state index in [-0.39, 0.29) is 5.96 Å². The minimum Gasteiger partial charge on any atom is -0.493 e. The van der Waals surface area contributed by atoms with Gasteiger partial charge >= 0.3 is 0 Å². The van der Waals surface area contributed by atoms with E-state index < -0.39 is 0 Å². The van der Waals surface area contributed by atoms with Crippen LogP contribution in [0.4, 0.5) is 0 Å². The second kappa shape index (κ2) is 8.08. The molecule has 1 heterocycles. The van der Waals surface area contributed by atoms with Gasteiger partial charge in [0.25, 0.3) is 0 Å². The Morgan fingerprint density at radius 2 is 1.91 bits per heavy atom. The number of nitrogens with zero attached hydrogens (tertiary/aromatic N) is 2. The quantitative estimate of drug-likeness (QED) is 0.306. The van der Waals surface area contributed by atoms with Crippen LogP contribution in [0.5, 0.6) is 0 Å². The zero-order valence-corrected chi connectivity index (χ0v) is 13.6. The average molecular weight is 307 g/mol. The van der Waals surface area contributed by atoms with E-state index in [1.165, 1.54) is 12.8 Å². The van der Waals surface area contributed by atoms with Crippen LogP contribution >= 0.6 is 0 Å². The van der Waals surface area contributed by atoms with Crippen LogP contribution in [0.3, 0.4) is 0 Å². The normalized spacial score (nSPS) is 21.0. The maximum Gasteiger partial charge on any atom is 0.190 e. The molecule has 1 saturated heterocycles. The lowest BCUT2D eigenvalue weighted by molar-refractivity contribution is 0.252. The van der Waals surface area contributed by atoms with Crippen LogP contribution in [0, 0.1) is 5.92 Å². The molecule has 6 nitrogen and oxygen atoms in total. The summed E-state index contributed by atoms with van der Waals surface area (Å²) in [5.74, 6) is 1.18. The first kappa shape index (κ1) is 16.7. The average Bonchev–Trinajstić information content (AvgIpc) is 2.88. The molecule has 0 aromatic heterocycles. The van der Waals surface area contributed by atoms with Gasteiger partial charge in [0, 0.05) is 25.6 Å². The molecule has 1 saturated carbocycles. The molecule has 1 aliphatic carbocycles. The maximum absolute atomic E-state index is 5.68. The van der Waals surface area contributed by atoms with Crippen molar-refractivity contribution in [1.82, 2.24) is 10.2 Å². The number of methoxy groups -OCH3 is 1. The number of nitrogens with one attached hydrogen (secondary N) is 1. The maximum atomic E-state index is 5.68. The van der Waals surface area contributed by atoms with Crippen LogP contribution < -0.4 is 16.8 Å². The molecule has 0 radical (unpaired) electrons. The van der Waals surface area contributed by atoms with E-state index in [4.69, 9.17) is 16.2 Å². The Morgan fingerprint density at radius 1 is 1.18 bits per heavy atom. The third-order valence-electron chi connectivity index (χ3n) is 4.41. The van der Waals surface area contributed by atoms with E-state index in [1.807, 2.05) is 0 Å². The van der Waals surface area contributed by atoms with Crippen molar-refractivity contribution >= 4 is 5.96 Å². The van der Waals surface area contributed by atoms with Crippen molar-refractivity contribution in [2.24, 2.45) is 22.4 Å². The first-order valence-electron chi connectivity index (χ1n) is 8.16.